The van der Waals surface area contributed by atoms with E-state index in [1.165, 1.54) is 5.56 Å². The first-order valence-electron chi connectivity index (χ1n) is 17.1. The maximum atomic E-state index is 13.3. The van der Waals surface area contributed by atoms with Gasteiger partial charge in [-0.25, -0.2) is 0 Å². The molecule has 1 atom stereocenters. The summed E-state index contributed by atoms with van der Waals surface area (Å²) in [7, 11) is 0. The molecule has 0 radical (unpaired) electrons. The van der Waals surface area contributed by atoms with Gasteiger partial charge in [-0.1, -0.05) is 36.4 Å². The molecular weight excluding hydrogens is 620 g/mol. The third kappa shape index (κ3) is 5.57. The predicted octanol–water partition coefficient (Wildman–Crippen LogP) is 4.18. The van der Waals surface area contributed by atoms with Crippen molar-refractivity contribution >= 4 is 46.1 Å². The van der Waals surface area contributed by atoms with Crippen LogP contribution in [0.1, 0.15) is 81.1 Å². The number of para-hydroxylation sites is 1. The minimum atomic E-state index is -0.961. The van der Waals surface area contributed by atoms with Crippen LogP contribution in [0.15, 0.2) is 66.7 Å². The summed E-state index contributed by atoms with van der Waals surface area (Å²) in [6.45, 7) is 3.83. The first-order chi connectivity index (χ1) is 23.7. The van der Waals surface area contributed by atoms with Crippen LogP contribution in [0.2, 0.25) is 0 Å². The SMILES string of the molecule is NC(=O)c1cccc2cc(-c3ccc(C4CCN(C5CCN(c6ccc7c(c6)C(=O)N(C6CCC(=O)NC6=O)C7=O)CC5)CC4)cc3)[nH]c12. The molecule has 1 unspecified atom stereocenters. The van der Waals surface area contributed by atoms with E-state index >= 15 is 0 Å². The fourth-order valence-electron chi connectivity index (χ4n) is 8.19. The molecule has 3 saturated heterocycles. The Labute approximate surface area is 283 Å². The van der Waals surface area contributed by atoms with E-state index in [4.69, 9.17) is 5.73 Å². The number of benzene rings is 3. The second-order valence-corrected chi connectivity index (χ2v) is 13.6. The number of carbonyl (C=O) groups excluding carboxylic acids is 5. The topological polar surface area (TPSA) is 149 Å². The van der Waals surface area contributed by atoms with Gasteiger partial charge in [0.25, 0.3) is 17.7 Å². The zero-order chi connectivity index (χ0) is 33.8. The molecule has 3 aromatic carbocycles. The molecule has 4 aliphatic rings. The highest BCUT2D eigenvalue weighted by Crippen LogP contribution is 2.35. The van der Waals surface area contributed by atoms with Crippen molar-refractivity contribution in [1.29, 1.82) is 0 Å². The lowest BCUT2D eigenvalue weighted by Gasteiger charge is -2.42. The third-order valence-electron chi connectivity index (χ3n) is 10.9. The molecule has 0 bridgehead atoms. The van der Waals surface area contributed by atoms with Crippen molar-refractivity contribution in [2.75, 3.05) is 31.1 Å². The highest BCUT2D eigenvalue weighted by atomic mass is 16.2. The van der Waals surface area contributed by atoms with Crippen LogP contribution in [0.25, 0.3) is 22.2 Å². The van der Waals surface area contributed by atoms with Crippen LogP contribution < -0.4 is 16.0 Å². The molecule has 11 heteroatoms. The van der Waals surface area contributed by atoms with Crippen molar-refractivity contribution in [2.45, 2.75) is 56.5 Å². The largest absolute Gasteiger partial charge is 0.371 e. The lowest BCUT2D eigenvalue weighted by molar-refractivity contribution is -0.136. The van der Waals surface area contributed by atoms with Crippen LogP contribution in [0.5, 0.6) is 0 Å². The summed E-state index contributed by atoms with van der Waals surface area (Å²) >= 11 is 0. The van der Waals surface area contributed by atoms with Crippen LogP contribution >= 0.6 is 0 Å². The summed E-state index contributed by atoms with van der Waals surface area (Å²) in [5.41, 5.74) is 11.8. The summed E-state index contributed by atoms with van der Waals surface area (Å²) in [5.74, 6) is -1.86. The van der Waals surface area contributed by atoms with Gasteiger partial charge in [0, 0.05) is 42.3 Å². The van der Waals surface area contributed by atoms with Gasteiger partial charge < -0.3 is 20.5 Å². The average molecular weight is 659 g/mol. The molecule has 0 spiro atoms. The van der Waals surface area contributed by atoms with Crippen LogP contribution in [0, 0.1) is 0 Å². The lowest BCUT2D eigenvalue weighted by Crippen LogP contribution is -2.54. The first-order valence-corrected chi connectivity index (χ1v) is 17.1. The fraction of sp³-hybridized carbons (Fsp3) is 0.342. The molecule has 1 aromatic heterocycles. The highest BCUT2D eigenvalue weighted by molar-refractivity contribution is 6.23. The smallest absolute Gasteiger partial charge is 0.262 e. The average Bonchev–Trinajstić information content (AvgIpc) is 3.67. The van der Waals surface area contributed by atoms with Gasteiger partial charge in [0.2, 0.25) is 11.8 Å². The van der Waals surface area contributed by atoms with Gasteiger partial charge in [-0.05, 0) is 92.6 Å². The van der Waals surface area contributed by atoms with Gasteiger partial charge in [-0.3, -0.25) is 34.2 Å². The second-order valence-electron chi connectivity index (χ2n) is 13.6. The number of rotatable bonds is 6. The van der Waals surface area contributed by atoms with Crippen molar-refractivity contribution in [3.05, 3.63) is 89.0 Å². The minimum absolute atomic E-state index is 0.101. The van der Waals surface area contributed by atoms with E-state index in [1.54, 1.807) is 18.2 Å². The number of carbonyl (C=O) groups is 5. The van der Waals surface area contributed by atoms with Gasteiger partial charge in [-0.15, -0.1) is 0 Å². The number of piperidine rings is 3. The van der Waals surface area contributed by atoms with Crippen molar-refractivity contribution in [2.24, 2.45) is 5.73 Å². The molecule has 4 aliphatic heterocycles. The van der Waals surface area contributed by atoms with Crippen LogP contribution in [-0.2, 0) is 9.59 Å². The summed E-state index contributed by atoms with van der Waals surface area (Å²) < 4.78 is 0. The van der Waals surface area contributed by atoms with E-state index < -0.39 is 29.7 Å². The Balaban J connectivity index is 0.858. The number of hydrogen-bond acceptors (Lipinski definition) is 7. The first kappa shape index (κ1) is 31.0. The van der Waals surface area contributed by atoms with Crippen molar-refractivity contribution in [1.82, 2.24) is 20.1 Å². The molecular formula is C38H38N6O5. The molecule has 8 rings (SSSR count). The Morgan fingerprint density at radius 2 is 1.51 bits per heavy atom. The summed E-state index contributed by atoms with van der Waals surface area (Å²) in [6, 6.07) is 21.3. The van der Waals surface area contributed by atoms with Gasteiger partial charge in [0.1, 0.15) is 6.04 Å². The molecule has 4 aromatic rings. The molecule has 4 N–H and O–H groups in total. The second kappa shape index (κ2) is 12.3. The van der Waals surface area contributed by atoms with E-state index in [0.29, 0.717) is 28.7 Å². The molecule has 0 saturated carbocycles. The standard InChI is InChI=1S/C38H38N6O5/c39-35(46)29-3-1-2-25-20-31(40-34(25)29)24-6-4-22(5-7-24)23-12-16-42(17-13-23)26-14-18-43(19-15-26)27-8-9-28-30(21-27)38(49)44(37(28)48)32-10-11-33(45)41-36(32)47/h1-9,20-21,23,26,32,40H,10-19H2,(H2,39,46)(H,41,45,47). The maximum absolute atomic E-state index is 13.3. The highest BCUT2D eigenvalue weighted by Gasteiger charge is 2.45. The van der Waals surface area contributed by atoms with Crippen molar-refractivity contribution < 1.29 is 24.0 Å². The predicted molar refractivity (Wildman–Crippen MR) is 184 cm³/mol. The molecule has 5 heterocycles. The monoisotopic (exact) mass is 658 g/mol. The Morgan fingerprint density at radius 3 is 2.22 bits per heavy atom. The number of likely N-dealkylation sites (tertiary alicyclic amines) is 1. The normalized spacial score (nSPS) is 21.0. The number of nitrogens with two attached hydrogens (primary N) is 1. The molecule has 11 nitrogen and oxygen atoms in total. The summed E-state index contributed by atoms with van der Waals surface area (Å²) in [5, 5.41) is 3.21. The van der Waals surface area contributed by atoms with E-state index in [1.807, 2.05) is 18.2 Å². The molecule has 49 heavy (non-hydrogen) atoms. The van der Waals surface area contributed by atoms with Gasteiger partial charge in [0.05, 0.1) is 22.2 Å². The number of nitrogens with zero attached hydrogens (tertiary/aromatic N) is 3. The van der Waals surface area contributed by atoms with E-state index in [2.05, 4.69) is 50.4 Å². The Hall–Kier alpha value is -5.29. The Bertz CT molecular complexity index is 2000. The lowest BCUT2D eigenvalue weighted by atomic mass is 9.87. The number of fused-ring (bicyclic) bond motifs is 2. The van der Waals surface area contributed by atoms with Crippen LogP contribution in [0.3, 0.4) is 0 Å². The molecule has 0 aliphatic carbocycles. The van der Waals surface area contributed by atoms with Crippen LogP contribution in [0.4, 0.5) is 5.69 Å². The zero-order valence-corrected chi connectivity index (χ0v) is 27.1. The number of anilines is 1. The number of primary amides is 1. The molecule has 250 valence electrons. The van der Waals surface area contributed by atoms with Crippen LogP contribution in [-0.4, -0.2) is 82.6 Å². The number of amides is 5. The number of H-pyrrole nitrogens is 1. The summed E-state index contributed by atoms with van der Waals surface area (Å²) in [6.07, 6.45) is 4.51. The minimum Gasteiger partial charge on any atom is -0.371 e. The van der Waals surface area contributed by atoms with Crippen molar-refractivity contribution in [3.63, 3.8) is 0 Å². The summed E-state index contributed by atoms with van der Waals surface area (Å²) in [4.78, 5) is 71.6. The molecule has 5 amide bonds. The zero-order valence-electron chi connectivity index (χ0n) is 27.1. The Kier molecular flexibility index (Phi) is 7.79. The number of hydrogen-bond donors (Lipinski definition) is 3. The van der Waals surface area contributed by atoms with E-state index in [-0.39, 0.29) is 18.7 Å². The van der Waals surface area contributed by atoms with Gasteiger partial charge in [-0.2, -0.15) is 0 Å². The maximum Gasteiger partial charge on any atom is 0.262 e. The van der Waals surface area contributed by atoms with Crippen molar-refractivity contribution in [3.8, 4) is 11.3 Å². The van der Waals surface area contributed by atoms with Gasteiger partial charge in [0.15, 0.2) is 0 Å². The number of aromatic amines is 1. The molecule has 3 fully saturated rings. The van der Waals surface area contributed by atoms with E-state index in [9.17, 15) is 24.0 Å². The number of aromatic nitrogens is 1. The number of imide groups is 2. The fourth-order valence-corrected chi connectivity index (χ4v) is 8.19. The quantitative estimate of drug-likeness (QED) is 0.263. The van der Waals surface area contributed by atoms with Gasteiger partial charge >= 0.3 is 0 Å². The Morgan fingerprint density at radius 1 is 0.776 bits per heavy atom. The third-order valence-corrected chi connectivity index (χ3v) is 10.9. The van der Waals surface area contributed by atoms with E-state index in [0.717, 1.165) is 84.6 Å². The number of nitrogens with one attached hydrogen (secondary N) is 2.